The molecular formula is C17H21ClF3NO2. The summed E-state index contributed by atoms with van der Waals surface area (Å²) in [5.74, 6) is 3.30. The van der Waals surface area contributed by atoms with Crippen LogP contribution in [0.3, 0.4) is 0 Å². The van der Waals surface area contributed by atoms with Crippen LogP contribution in [0.15, 0.2) is 18.2 Å². The second-order valence-corrected chi connectivity index (χ2v) is 5.01. The molecule has 0 amide bonds. The van der Waals surface area contributed by atoms with Crippen LogP contribution in [0.4, 0.5) is 18.9 Å². The van der Waals surface area contributed by atoms with Gasteiger partial charge in [0.2, 0.25) is 6.10 Å². The Hall–Kier alpha value is -1.87. The van der Waals surface area contributed by atoms with Crippen LogP contribution in [0.2, 0.25) is 5.02 Å². The lowest BCUT2D eigenvalue weighted by Gasteiger charge is -2.21. The second kappa shape index (κ2) is 10.8. The van der Waals surface area contributed by atoms with E-state index in [0.29, 0.717) is 5.92 Å². The Kier molecular flexibility index (Phi) is 9.98. The lowest BCUT2D eigenvalue weighted by Crippen LogP contribution is -2.24. The van der Waals surface area contributed by atoms with E-state index >= 15 is 0 Å². The first kappa shape index (κ1) is 22.1. The highest BCUT2D eigenvalue weighted by atomic mass is 35.5. The summed E-state index contributed by atoms with van der Waals surface area (Å²) < 4.78 is 42.1. The van der Waals surface area contributed by atoms with Gasteiger partial charge in [-0.3, -0.25) is 4.79 Å². The predicted molar refractivity (Wildman–Crippen MR) is 89.8 cm³/mol. The number of carbonyl (C=O) groups excluding carboxylic acids is 1. The Bertz CT molecular complexity index is 552. The molecule has 1 N–H and O–H groups in total. The van der Waals surface area contributed by atoms with Gasteiger partial charge in [-0.15, -0.1) is 12.3 Å². The molecule has 1 unspecified atom stereocenters. The SMILES string of the molecule is C#CC1CC1.CC.CNc1ccc(Cl)cc1C(OC=O)C(F)(F)F. The lowest BCUT2D eigenvalue weighted by molar-refractivity contribution is -0.217. The van der Waals surface area contributed by atoms with Crippen molar-refractivity contribution in [2.24, 2.45) is 5.92 Å². The number of hydrogen-bond donors (Lipinski definition) is 1. The molecule has 1 fully saturated rings. The van der Waals surface area contributed by atoms with E-state index in [0.717, 1.165) is 6.07 Å². The van der Waals surface area contributed by atoms with Gasteiger partial charge >= 0.3 is 6.18 Å². The Morgan fingerprint density at radius 2 is 2.00 bits per heavy atom. The summed E-state index contributed by atoms with van der Waals surface area (Å²) in [5.41, 5.74) is -0.0434. The molecule has 0 heterocycles. The summed E-state index contributed by atoms with van der Waals surface area (Å²) in [6.45, 7) is 3.76. The Labute approximate surface area is 145 Å². The van der Waals surface area contributed by atoms with Crippen molar-refractivity contribution in [2.45, 2.75) is 39.0 Å². The van der Waals surface area contributed by atoms with Crippen LogP contribution >= 0.6 is 11.6 Å². The minimum atomic E-state index is -4.70. The largest absolute Gasteiger partial charge is 0.450 e. The average Bonchev–Trinajstić information content (AvgIpc) is 3.38. The number of nitrogens with one attached hydrogen (secondary N) is 1. The minimum Gasteiger partial charge on any atom is -0.450 e. The molecule has 7 heteroatoms. The molecule has 0 spiro atoms. The zero-order valence-electron chi connectivity index (χ0n) is 13.8. The van der Waals surface area contributed by atoms with Crippen molar-refractivity contribution in [2.75, 3.05) is 12.4 Å². The highest BCUT2D eigenvalue weighted by Crippen LogP contribution is 2.39. The van der Waals surface area contributed by atoms with Gasteiger partial charge in [0.05, 0.1) is 0 Å². The average molecular weight is 364 g/mol. The lowest BCUT2D eigenvalue weighted by atomic mass is 10.1. The molecule has 0 aliphatic heterocycles. The number of hydrogen-bond acceptors (Lipinski definition) is 3. The molecule has 1 aliphatic rings. The molecule has 0 radical (unpaired) electrons. The molecule has 3 nitrogen and oxygen atoms in total. The first-order chi connectivity index (χ1) is 11.3. The maximum atomic E-state index is 12.7. The number of terminal acetylenes is 1. The van der Waals surface area contributed by atoms with Crippen LogP contribution in [0, 0.1) is 18.3 Å². The summed E-state index contributed by atoms with van der Waals surface area (Å²) in [7, 11) is 1.46. The molecule has 1 saturated carbocycles. The van der Waals surface area contributed by atoms with E-state index < -0.39 is 12.3 Å². The molecule has 0 saturated heterocycles. The highest BCUT2D eigenvalue weighted by Gasteiger charge is 2.44. The van der Waals surface area contributed by atoms with E-state index in [2.05, 4.69) is 16.0 Å². The first-order valence-electron chi connectivity index (χ1n) is 7.42. The number of alkyl halides is 3. The van der Waals surface area contributed by atoms with E-state index in [1.807, 2.05) is 13.8 Å². The van der Waals surface area contributed by atoms with Crippen LogP contribution in [0.5, 0.6) is 0 Å². The van der Waals surface area contributed by atoms with E-state index in [1.54, 1.807) is 0 Å². The Balaban J connectivity index is 0.000000630. The second-order valence-electron chi connectivity index (χ2n) is 4.58. The molecule has 24 heavy (non-hydrogen) atoms. The monoisotopic (exact) mass is 363 g/mol. The van der Waals surface area contributed by atoms with Crippen LogP contribution in [0.1, 0.15) is 38.4 Å². The van der Waals surface area contributed by atoms with E-state index in [1.165, 1.54) is 32.0 Å². The zero-order chi connectivity index (χ0) is 18.8. The Morgan fingerprint density at radius 1 is 1.42 bits per heavy atom. The molecule has 0 bridgehead atoms. The third kappa shape index (κ3) is 7.60. The number of carbonyl (C=O) groups is 1. The van der Waals surface area contributed by atoms with Crippen molar-refractivity contribution < 1.29 is 22.7 Å². The predicted octanol–water partition coefficient (Wildman–Crippen LogP) is 5.21. The van der Waals surface area contributed by atoms with Crippen molar-refractivity contribution in [3.63, 3.8) is 0 Å². The molecule has 134 valence electrons. The molecule has 1 aliphatic carbocycles. The summed E-state index contributed by atoms with van der Waals surface area (Å²) in [6.07, 6.45) is 0.503. The van der Waals surface area contributed by atoms with Crippen LogP contribution in [-0.2, 0) is 9.53 Å². The van der Waals surface area contributed by atoms with Gasteiger partial charge in [0.1, 0.15) is 0 Å². The molecule has 0 aromatic heterocycles. The van der Waals surface area contributed by atoms with Crippen LogP contribution in [-0.4, -0.2) is 19.7 Å². The molecule has 2 rings (SSSR count). The number of anilines is 1. The summed E-state index contributed by atoms with van der Waals surface area (Å²) >= 11 is 5.63. The fourth-order valence-corrected chi connectivity index (χ4v) is 1.79. The fourth-order valence-electron chi connectivity index (χ4n) is 1.61. The summed E-state index contributed by atoms with van der Waals surface area (Å²) in [4.78, 5) is 10.1. The van der Waals surface area contributed by atoms with Crippen molar-refractivity contribution in [3.05, 3.63) is 28.8 Å². The van der Waals surface area contributed by atoms with Gasteiger partial charge in [-0.25, -0.2) is 0 Å². The summed E-state index contributed by atoms with van der Waals surface area (Å²) in [6, 6.07) is 3.92. The fraction of sp³-hybridized carbons (Fsp3) is 0.471. The molecule has 1 atom stereocenters. The van der Waals surface area contributed by atoms with E-state index in [4.69, 9.17) is 18.0 Å². The van der Waals surface area contributed by atoms with Crippen molar-refractivity contribution >= 4 is 23.8 Å². The number of ether oxygens (including phenoxy) is 1. The van der Waals surface area contributed by atoms with Gasteiger partial charge in [0.15, 0.2) is 0 Å². The van der Waals surface area contributed by atoms with Gasteiger partial charge in [0.25, 0.3) is 6.47 Å². The number of benzene rings is 1. The maximum absolute atomic E-state index is 12.7. The van der Waals surface area contributed by atoms with Gasteiger partial charge in [-0.05, 0) is 31.0 Å². The third-order valence-electron chi connectivity index (χ3n) is 2.87. The first-order valence-corrected chi connectivity index (χ1v) is 7.80. The quantitative estimate of drug-likeness (QED) is 0.589. The maximum Gasteiger partial charge on any atom is 0.429 e. The summed E-state index contributed by atoms with van der Waals surface area (Å²) in [5, 5.41) is 2.71. The van der Waals surface area contributed by atoms with Crippen molar-refractivity contribution in [3.8, 4) is 12.3 Å². The van der Waals surface area contributed by atoms with E-state index in [-0.39, 0.29) is 22.7 Å². The topological polar surface area (TPSA) is 38.3 Å². The van der Waals surface area contributed by atoms with Crippen LogP contribution < -0.4 is 5.32 Å². The normalized spacial score (nSPS) is 13.9. The zero-order valence-corrected chi connectivity index (χ0v) is 14.5. The Morgan fingerprint density at radius 3 is 2.33 bits per heavy atom. The van der Waals surface area contributed by atoms with Gasteiger partial charge in [-0.2, -0.15) is 13.2 Å². The standard InChI is InChI=1S/C10H9ClF3NO2.C5H6.C2H6/c1-15-8-3-2-6(11)4-7(8)9(17-5-16)10(12,13)14;1-2-5-3-4-5;1-2/h2-5,9,15H,1H3;1,5H,3-4H2;1-2H3. The third-order valence-corrected chi connectivity index (χ3v) is 3.10. The van der Waals surface area contributed by atoms with Crippen molar-refractivity contribution in [1.82, 2.24) is 0 Å². The highest BCUT2D eigenvalue weighted by molar-refractivity contribution is 6.30. The van der Waals surface area contributed by atoms with Crippen molar-refractivity contribution in [1.29, 1.82) is 0 Å². The molecule has 1 aromatic rings. The number of rotatable bonds is 4. The smallest absolute Gasteiger partial charge is 0.429 e. The number of halogens is 4. The van der Waals surface area contributed by atoms with Crippen LogP contribution in [0.25, 0.3) is 0 Å². The van der Waals surface area contributed by atoms with E-state index in [9.17, 15) is 18.0 Å². The van der Waals surface area contributed by atoms with Gasteiger partial charge in [0, 0.05) is 29.2 Å². The molecule has 1 aromatic carbocycles. The molecular weight excluding hydrogens is 343 g/mol. The minimum absolute atomic E-state index is 0.128. The van der Waals surface area contributed by atoms with Gasteiger partial charge < -0.3 is 10.1 Å². The van der Waals surface area contributed by atoms with Gasteiger partial charge in [-0.1, -0.05) is 25.4 Å².